The Hall–Kier alpha value is 0.490. The standard InChI is InChI=1S/C8H15IO6/c1-4(10)6(11)7-5(15-12-2)3-13-8(9)14-7/h4-8,10-11H,3H2,1-2H3. The molecule has 90 valence electrons. The normalized spacial score (nSPS) is 36.2. The van der Waals surface area contributed by atoms with Crippen LogP contribution in [0.25, 0.3) is 0 Å². The average molecular weight is 334 g/mol. The van der Waals surface area contributed by atoms with Gasteiger partial charge in [-0.25, -0.2) is 9.78 Å². The van der Waals surface area contributed by atoms with E-state index in [0.717, 1.165) is 0 Å². The first-order chi connectivity index (χ1) is 7.06. The Kier molecular flexibility index (Phi) is 5.68. The summed E-state index contributed by atoms with van der Waals surface area (Å²) in [6, 6.07) is 0. The molecule has 0 radical (unpaired) electrons. The summed E-state index contributed by atoms with van der Waals surface area (Å²) in [4.78, 5) is 9.41. The van der Waals surface area contributed by atoms with Gasteiger partial charge in [0.25, 0.3) is 0 Å². The van der Waals surface area contributed by atoms with E-state index in [2.05, 4.69) is 4.89 Å². The van der Waals surface area contributed by atoms with Crippen molar-refractivity contribution in [3.05, 3.63) is 0 Å². The number of aliphatic hydroxyl groups excluding tert-OH is 2. The molecule has 0 aromatic carbocycles. The van der Waals surface area contributed by atoms with Crippen LogP contribution in [0.3, 0.4) is 0 Å². The van der Waals surface area contributed by atoms with Crippen molar-refractivity contribution in [3.63, 3.8) is 0 Å². The molecule has 0 aromatic heterocycles. The fourth-order valence-corrected chi connectivity index (χ4v) is 1.84. The number of ether oxygens (including phenoxy) is 2. The summed E-state index contributed by atoms with van der Waals surface area (Å²) in [5.74, 6) is 0. The van der Waals surface area contributed by atoms with Gasteiger partial charge in [0.05, 0.1) is 19.8 Å². The second kappa shape index (κ2) is 6.28. The number of hydrogen-bond acceptors (Lipinski definition) is 6. The van der Waals surface area contributed by atoms with Crippen LogP contribution in [0.2, 0.25) is 0 Å². The average Bonchev–Trinajstić information content (AvgIpc) is 2.20. The number of rotatable bonds is 4. The van der Waals surface area contributed by atoms with E-state index in [1.165, 1.54) is 14.0 Å². The lowest BCUT2D eigenvalue weighted by Gasteiger charge is -2.36. The third-order valence-corrected chi connectivity index (χ3v) is 2.73. The molecule has 1 rings (SSSR count). The summed E-state index contributed by atoms with van der Waals surface area (Å²) in [5.41, 5.74) is 0. The molecule has 2 N–H and O–H groups in total. The fourth-order valence-electron chi connectivity index (χ4n) is 1.30. The van der Waals surface area contributed by atoms with E-state index < -0.39 is 28.7 Å². The van der Waals surface area contributed by atoms with Crippen molar-refractivity contribution in [1.29, 1.82) is 0 Å². The van der Waals surface area contributed by atoms with Crippen LogP contribution in [0.5, 0.6) is 0 Å². The first kappa shape index (κ1) is 13.6. The lowest BCUT2D eigenvalue weighted by atomic mass is 10.0. The maximum absolute atomic E-state index is 9.70. The minimum Gasteiger partial charge on any atom is -0.391 e. The maximum Gasteiger partial charge on any atom is 0.211 e. The molecule has 1 aliphatic rings. The van der Waals surface area contributed by atoms with Crippen molar-refractivity contribution in [2.45, 2.75) is 35.6 Å². The topological polar surface area (TPSA) is 77.4 Å². The van der Waals surface area contributed by atoms with Crippen LogP contribution in [0.4, 0.5) is 0 Å². The van der Waals surface area contributed by atoms with Crippen molar-refractivity contribution in [1.82, 2.24) is 0 Å². The quantitative estimate of drug-likeness (QED) is 0.321. The van der Waals surface area contributed by atoms with E-state index in [-0.39, 0.29) is 6.61 Å². The molecule has 1 heterocycles. The number of halogens is 1. The molecule has 0 bridgehead atoms. The smallest absolute Gasteiger partial charge is 0.211 e. The minimum absolute atomic E-state index is 0.246. The molecule has 5 atom stereocenters. The molecule has 6 nitrogen and oxygen atoms in total. The zero-order valence-corrected chi connectivity index (χ0v) is 10.7. The van der Waals surface area contributed by atoms with Crippen LogP contribution in [0.1, 0.15) is 6.92 Å². The Morgan fingerprint density at radius 3 is 2.67 bits per heavy atom. The molecule has 1 saturated heterocycles. The van der Waals surface area contributed by atoms with Gasteiger partial charge in [-0.2, -0.15) is 0 Å². The first-order valence-corrected chi connectivity index (χ1v) is 5.77. The van der Waals surface area contributed by atoms with Gasteiger partial charge in [-0.15, -0.1) is 0 Å². The third kappa shape index (κ3) is 3.77. The molecule has 1 aliphatic heterocycles. The van der Waals surface area contributed by atoms with E-state index in [0.29, 0.717) is 0 Å². The van der Waals surface area contributed by atoms with Crippen molar-refractivity contribution in [3.8, 4) is 0 Å². The summed E-state index contributed by atoms with van der Waals surface area (Å²) < 4.78 is 10.0. The molecule has 1 fully saturated rings. The number of alkyl halides is 1. The molecule has 0 aliphatic carbocycles. The highest BCUT2D eigenvalue weighted by Gasteiger charge is 2.39. The van der Waals surface area contributed by atoms with Crippen LogP contribution >= 0.6 is 22.6 Å². The lowest BCUT2D eigenvalue weighted by molar-refractivity contribution is -0.364. The van der Waals surface area contributed by atoms with Crippen LogP contribution in [-0.2, 0) is 19.2 Å². The second-order valence-corrected chi connectivity index (χ2v) is 4.26. The molecule has 5 unspecified atom stereocenters. The summed E-state index contributed by atoms with van der Waals surface area (Å²) in [6.45, 7) is 1.73. The zero-order valence-electron chi connectivity index (χ0n) is 8.50. The highest BCUT2D eigenvalue weighted by atomic mass is 127. The van der Waals surface area contributed by atoms with E-state index in [1.54, 1.807) is 0 Å². The van der Waals surface area contributed by atoms with Gasteiger partial charge >= 0.3 is 0 Å². The predicted molar refractivity (Wildman–Crippen MR) is 58.2 cm³/mol. The van der Waals surface area contributed by atoms with Gasteiger partial charge in [0.2, 0.25) is 4.30 Å². The Balaban J connectivity index is 2.60. The van der Waals surface area contributed by atoms with Gasteiger partial charge < -0.3 is 19.7 Å². The third-order valence-electron chi connectivity index (χ3n) is 2.07. The van der Waals surface area contributed by atoms with Crippen LogP contribution < -0.4 is 0 Å². The summed E-state index contributed by atoms with van der Waals surface area (Å²) in [5, 5.41) is 19.0. The largest absolute Gasteiger partial charge is 0.391 e. The second-order valence-electron chi connectivity index (χ2n) is 3.24. The Morgan fingerprint density at radius 2 is 2.13 bits per heavy atom. The molecule has 15 heavy (non-hydrogen) atoms. The lowest BCUT2D eigenvalue weighted by Crippen LogP contribution is -2.52. The van der Waals surface area contributed by atoms with Crippen LogP contribution in [-0.4, -0.2) is 52.6 Å². The van der Waals surface area contributed by atoms with E-state index in [4.69, 9.17) is 14.4 Å². The monoisotopic (exact) mass is 334 g/mol. The molecule has 0 saturated carbocycles. The summed E-state index contributed by atoms with van der Waals surface area (Å²) in [6.07, 6.45) is -3.16. The molecule has 0 spiro atoms. The number of aliphatic hydroxyl groups is 2. The summed E-state index contributed by atoms with van der Waals surface area (Å²) >= 11 is 1.93. The van der Waals surface area contributed by atoms with Gasteiger partial charge in [0, 0.05) is 0 Å². The highest BCUT2D eigenvalue weighted by molar-refractivity contribution is 14.1. The molecular formula is C8H15IO6. The first-order valence-electron chi connectivity index (χ1n) is 4.53. The van der Waals surface area contributed by atoms with Crippen molar-refractivity contribution in [2.75, 3.05) is 13.7 Å². The Morgan fingerprint density at radius 1 is 1.47 bits per heavy atom. The Bertz CT molecular complexity index is 190. The van der Waals surface area contributed by atoms with Crippen molar-refractivity contribution in [2.24, 2.45) is 0 Å². The molecule has 0 amide bonds. The van der Waals surface area contributed by atoms with Crippen molar-refractivity contribution < 1.29 is 29.5 Å². The maximum atomic E-state index is 9.70. The minimum atomic E-state index is -1.04. The van der Waals surface area contributed by atoms with Gasteiger partial charge in [0.15, 0.2) is 0 Å². The Labute approximate surface area is 102 Å². The van der Waals surface area contributed by atoms with E-state index >= 15 is 0 Å². The zero-order chi connectivity index (χ0) is 11.4. The molecule has 0 aromatic rings. The van der Waals surface area contributed by atoms with Crippen molar-refractivity contribution >= 4 is 22.6 Å². The van der Waals surface area contributed by atoms with Gasteiger partial charge in [-0.3, -0.25) is 0 Å². The van der Waals surface area contributed by atoms with E-state index in [1.807, 2.05) is 22.6 Å². The van der Waals surface area contributed by atoms with Crippen LogP contribution in [0.15, 0.2) is 0 Å². The van der Waals surface area contributed by atoms with Gasteiger partial charge in [-0.05, 0) is 29.5 Å². The van der Waals surface area contributed by atoms with E-state index in [9.17, 15) is 10.2 Å². The fraction of sp³-hybridized carbons (Fsp3) is 1.00. The predicted octanol–water partition coefficient (Wildman–Crippen LogP) is -0.191. The SMILES string of the molecule is COOC1COC(I)OC1C(O)C(C)O. The molecule has 7 heteroatoms. The summed E-state index contributed by atoms with van der Waals surface area (Å²) in [7, 11) is 1.36. The highest BCUT2D eigenvalue weighted by Crippen LogP contribution is 2.23. The number of hydrogen-bond donors (Lipinski definition) is 2. The molecular weight excluding hydrogens is 319 g/mol. The van der Waals surface area contributed by atoms with Crippen LogP contribution in [0, 0.1) is 0 Å². The van der Waals surface area contributed by atoms with Gasteiger partial charge in [0.1, 0.15) is 18.3 Å². The van der Waals surface area contributed by atoms with Gasteiger partial charge in [-0.1, -0.05) is 0 Å².